The number of ether oxygens (including phenoxy) is 1. The topological polar surface area (TPSA) is 55.6 Å². The minimum absolute atomic E-state index is 0.0175. The maximum absolute atomic E-state index is 11.3. The van der Waals surface area contributed by atoms with Crippen LogP contribution in [-0.2, 0) is 0 Å². The SMILES string of the molecule is CC(=O)c1ccc(OCC2CCCCN2C)cc1N. The van der Waals surface area contributed by atoms with E-state index in [0.717, 1.165) is 12.3 Å². The lowest BCUT2D eigenvalue weighted by atomic mass is 10.0. The fraction of sp³-hybridized carbons (Fsp3) is 0.533. The molecule has 1 saturated heterocycles. The van der Waals surface area contributed by atoms with E-state index in [4.69, 9.17) is 10.5 Å². The molecule has 1 unspecified atom stereocenters. The Balaban J connectivity index is 1.96. The molecule has 2 rings (SSSR count). The Labute approximate surface area is 114 Å². The first kappa shape index (κ1) is 13.9. The van der Waals surface area contributed by atoms with Crippen LogP contribution in [0.15, 0.2) is 18.2 Å². The molecule has 0 radical (unpaired) electrons. The third-order valence-corrected chi connectivity index (χ3v) is 3.77. The summed E-state index contributed by atoms with van der Waals surface area (Å²) in [5, 5.41) is 0. The molecule has 1 aromatic rings. The van der Waals surface area contributed by atoms with Gasteiger partial charge in [-0.3, -0.25) is 4.79 Å². The van der Waals surface area contributed by atoms with Crippen LogP contribution in [0.5, 0.6) is 5.75 Å². The number of nitrogens with two attached hydrogens (primary N) is 1. The molecule has 2 N–H and O–H groups in total. The zero-order valence-electron chi connectivity index (χ0n) is 11.7. The molecular formula is C15H22N2O2. The zero-order chi connectivity index (χ0) is 13.8. The van der Waals surface area contributed by atoms with Crippen LogP contribution in [0, 0.1) is 0 Å². The van der Waals surface area contributed by atoms with Crippen molar-refractivity contribution < 1.29 is 9.53 Å². The first-order valence-electron chi connectivity index (χ1n) is 6.81. The number of nitrogen functional groups attached to an aromatic ring is 1. The highest BCUT2D eigenvalue weighted by Crippen LogP contribution is 2.22. The van der Waals surface area contributed by atoms with E-state index in [0.29, 0.717) is 23.9 Å². The Morgan fingerprint density at radius 2 is 2.26 bits per heavy atom. The number of likely N-dealkylation sites (N-methyl/N-ethyl adjacent to an activating group) is 1. The number of carbonyl (C=O) groups is 1. The van der Waals surface area contributed by atoms with Crippen LogP contribution in [0.25, 0.3) is 0 Å². The van der Waals surface area contributed by atoms with E-state index in [2.05, 4.69) is 11.9 Å². The van der Waals surface area contributed by atoms with Gasteiger partial charge in [-0.25, -0.2) is 0 Å². The normalized spacial score (nSPS) is 20.2. The lowest BCUT2D eigenvalue weighted by Crippen LogP contribution is -2.40. The van der Waals surface area contributed by atoms with Gasteiger partial charge in [0.15, 0.2) is 5.78 Å². The van der Waals surface area contributed by atoms with Gasteiger partial charge in [0.25, 0.3) is 0 Å². The van der Waals surface area contributed by atoms with E-state index in [1.165, 1.54) is 26.2 Å². The fourth-order valence-electron chi connectivity index (χ4n) is 2.50. The molecule has 104 valence electrons. The number of anilines is 1. The number of likely N-dealkylation sites (tertiary alicyclic amines) is 1. The summed E-state index contributed by atoms with van der Waals surface area (Å²) in [5.41, 5.74) is 6.89. The van der Waals surface area contributed by atoms with Crippen molar-refractivity contribution >= 4 is 11.5 Å². The maximum Gasteiger partial charge on any atom is 0.161 e. The number of nitrogens with zero attached hydrogens (tertiary/aromatic N) is 1. The van der Waals surface area contributed by atoms with Crippen molar-refractivity contribution in [3.05, 3.63) is 23.8 Å². The van der Waals surface area contributed by atoms with Gasteiger partial charge in [-0.1, -0.05) is 6.42 Å². The van der Waals surface area contributed by atoms with E-state index in [-0.39, 0.29) is 5.78 Å². The molecule has 1 aliphatic heterocycles. The van der Waals surface area contributed by atoms with Gasteiger partial charge < -0.3 is 15.4 Å². The second kappa shape index (κ2) is 6.06. The molecule has 0 saturated carbocycles. The van der Waals surface area contributed by atoms with Crippen molar-refractivity contribution in [2.24, 2.45) is 0 Å². The Morgan fingerprint density at radius 3 is 2.89 bits per heavy atom. The van der Waals surface area contributed by atoms with Crippen molar-refractivity contribution in [3.63, 3.8) is 0 Å². The smallest absolute Gasteiger partial charge is 0.161 e. The van der Waals surface area contributed by atoms with Crippen LogP contribution in [0.3, 0.4) is 0 Å². The van der Waals surface area contributed by atoms with E-state index in [9.17, 15) is 4.79 Å². The lowest BCUT2D eigenvalue weighted by molar-refractivity contribution is 0.101. The summed E-state index contributed by atoms with van der Waals surface area (Å²) < 4.78 is 5.80. The summed E-state index contributed by atoms with van der Waals surface area (Å²) in [4.78, 5) is 13.6. The van der Waals surface area contributed by atoms with Gasteiger partial charge in [0.2, 0.25) is 0 Å². The van der Waals surface area contributed by atoms with E-state index in [1.54, 1.807) is 12.1 Å². The summed E-state index contributed by atoms with van der Waals surface area (Å²) in [7, 11) is 2.14. The molecule has 1 heterocycles. The van der Waals surface area contributed by atoms with E-state index in [1.807, 2.05) is 6.07 Å². The lowest BCUT2D eigenvalue weighted by Gasteiger charge is -2.32. The minimum atomic E-state index is -0.0175. The second-order valence-electron chi connectivity index (χ2n) is 5.25. The average molecular weight is 262 g/mol. The number of benzene rings is 1. The number of hydrogen-bond donors (Lipinski definition) is 1. The van der Waals surface area contributed by atoms with Crippen LogP contribution >= 0.6 is 0 Å². The molecule has 4 heteroatoms. The Kier molecular flexibility index (Phi) is 4.43. The van der Waals surface area contributed by atoms with Gasteiger partial charge in [0, 0.05) is 23.4 Å². The number of Topliss-reactive ketones (excluding diaryl/α,β-unsaturated/α-hetero) is 1. The molecule has 4 nitrogen and oxygen atoms in total. The van der Waals surface area contributed by atoms with Gasteiger partial charge in [0.1, 0.15) is 12.4 Å². The molecule has 0 spiro atoms. The summed E-state index contributed by atoms with van der Waals surface area (Å²) in [6.07, 6.45) is 3.72. The maximum atomic E-state index is 11.3. The highest BCUT2D eigenvalue weighted by atomic mass is 16.5. The van der Waals surface area contributed by atoms with Gasteiger partial charge >= 0.3 is 0 Å². The molecule has 1 aromatic carbocycles. The largest absolute Gasteiger partial charge is 0.492 e. The quantitative estimate of drug-likeness (QED) is 0.668. The minimum Gasteiger partial charge on any atom is -0.492 e. The number of piperidine rings is 1. The van der Waals surface area contributed by atoms with Crippen molar-refractivity contribution in [2.75, 3.05) is 25.9 Å². The third kappa shape index (κ3) is 3.47. The van der Waals surface area contributed by atoms with Gasteiger partial charge in [-0.2, -0.15) is 0 Å². The van der Waals surface area contributed by atoms with Crippen LogP contribution in [-0.4, -0.2) is 36.9 Å². The van der Waals surface area contributed by atoms with E-state index >= 15 is 0 Å². The monoisotopic (exact) mass is 262 g/mol. The van der Waals surface area contributed by atoms with Gasteiger partial charge in [-0.15, -0.1) is 0 Å². The van der Waals surface area contributed by atoms with Crippen LogP contribution in [0.2, 0.25) is 0 Å². The van der Waals surface area contributed by atoms with Crippen molar-refractivity contribution in [2.45, 2.75) is 32.2 Å². The Morgan fingerprint density at radius 1 is 1.47 bits per heavy atom. The first-order chi connectivity index (χ1) is 9.08. The molecule has 1 aliphatic rings. The van der Waals surface area contributed by atoms with Crippen molar-refractivity contribution in [3.8, 4) is 5.75 Å². The standard InChI is InChI=1S/C15H22N2O2/c1-11(18)14-7-6-13(9-15(14)16)19-10-12-5-3-4-8-17(12)2/h6-7,9,12H,3-5,8,10,16H2,1-2H3. The second-order valence-corrected chi connectivity index (χ2v) is 5.25. The first-order valence-corrected chi connectivity index (χ1v) is 6.81. The summed E-state index contributed by atoms with van der Waals surface area (Å²) >= 11 is 0. The van der Waals surface area contributed by atoms with Gasteiger partial charge in [0.05, 0.1) is 0 Å². The van der Waals surface area contributed by atoms with Crippen molar-refractivity contribution in [1.29, 1.82) is 0 Å². The highest BCUT2D eigenvalue weighted by molar-refractivity contribution is 5.99. The van der Waals surface area contributed by atoms with Gasteiger partial charge in [-0.05, 0) is 45.5 Å². The fourth-order valence-corrected chi connectivity index (χ4v) is 2.50. The molecule has 1 atom stereocenters. The highest BCUT2D eigenvalue weighted by Gasteiger charge is 2.19. The van der Waals surface area contributed by atoms with E-state index < -0.39 is 0 Å². The number of carbonyl (C=O) groups excluding carboxylic acids is 1. The van der Waals surface area contributed by atoms with Crippen LogP contribution in [0.4, 0.5) is 5.69 Å². The average Bonchev–Trinajstić information content (AvgIpc) is 2.37. The number of hydrogen-bond acceptors (Lipinski definition) is 4. The van der Waals surface area contributed by atoms with Crippen LogP contribution in [0.1, 0.15) is 36.5 Å². The molecule has 0 amide bonds. The predicted octanol–water partition coefficient (Wildman–Crippen LogP) is 2.33. The number of ketones is 1. The molecule has 0 aromatic heterocycles. The molecular weight excluding hydrogens is 240 g/mol. The molecule has 19 heavy (non-hydrogen) atoms. The molecule has 0 aliphatic carbocycles. The van der Waals surface area contributed by atoms with Crippen LogP contribution < -0.4 is 10.5 Å². The summed E-state index contributed by atoms with van der Waals surface area (Å²) in [6.45, 7) is 3.33. The number of rotatable bonds is 4. The third-order valence-electron chi connectivity index (χ3n) is 3.77. The summed E-state index contributed by atoms with van der Waals surface area (Å²) in [5.74, 6) is 0.720. The predicted molar refractivity (Wildman–Crippen MR) is 76.6 cm³/mol. The zero-order valence-corrected chi connectivity index (χ0v) is 11.7. The van der Waals surface area contributed by atoms with Crippen molar-refractivity contribution in [1.82, 2.24) is 4.90 Å². The molecule has 0 bridgehead atoms. The Hall–Kier alpha value is -1.55. The molecule has 1 fully saturated rings. The summed E-state index contributed by atoms with van der Waals surface area (Å²) in [6, 6.07) is 5.76. The Bertz CT molecular complexity index is 459.